The Morgan fingerprint density at radius 1 is 1.14 bits per heavy atom. The molecule has 6 nitrogen and oxygen atoms in total. The quantitative estimate of drug-likeness (QED) is 0.645. The van der Waals surface area contributed by atoms with E-state index in [1.165, 1.54) is 4.31 Å². The van der Waals surface area contributed by atoms with Gasteiger partial charge in [-0.2, -0.15) is 4.31 Å². The van der Waals surface area contributed by atoms with Gasteiger partial charge >= 0.3 is 5.97 Å². The summed E-state index contributed by atoms with van der Waals surface area (Å²) in [4.78, 5) is 12.6. The van der Waals surface area contributed by atoms with Crippen LogP contribution in [0.15, 0.2) is 59.5 Å². The minimum absolute atomic E-state index is 0.0422. The maximum atomic E-state index is 13.3. The minimum atomic E-state index is -3.81. The lowest BCUT2D eigenvalue weighted by molar-refractivity contribution is -0.148. The van der Waals surface area contributed by atoms with Gasteiger partial charge in [0, 0.05) is 0 Å². The van der Waals surface area contributed by atoms with Crippen molar-refractivity contribution in [3.05, 3.63) is 65.7 Å². The second-order valence-electron chi connectivity index (χ2n) is 7.60. The monoisotopic (exact) mass is 417 g/mol. The van der Waals surface area contributed by atoms with Gasteiger partial charge in [0.1, 0.15) is 12.8 Å². The molecule has 7 heteroatoms. The largest absolute Gasteiger partial charge is 0.461 e. The Kier molecular flexibility index (Phi) is 6.72. The third kappa shape index (κ3) is 5.04. The fourth-order valence-corrected chi connectivity index (χ4v) is 5.14. The first-order chi connectivity index (χ1) is 13.8. The molecule has 1 saturated heterocycles. The molecule has 0 spiro atoms. The molecule has 0 N–H and O–H groups in total. The van der Waals surface area contributed by atoms with Gasteiger partial charge in [-0.25, -0.2) is 8.42 Å². The Hall–Kier alpha value is -2.22. The summed E-state index contributed by atoms with van der Waals surface area (Å²) >= 11 is 0. The predicted molar refractivity (Wildman–Crippen MR) is 109 cm³/mol. The van der Waals surface area contributed by atoms with Gasteiger partial charge < -0.3 is 9.47 Å². The van der Waals surface area contributed by atoms with E-state index in [0.29, 0.717) is 0 Å². The van der Waals surface area contributed by atoms with Crippen LogP contribution >= 0.6 is 0 Å². The Morgan fingerprint density at radius 3 is 2.41 bits per heavy atom. The number of aryl methyl sites for hydroxylation is 1. The fraction of sp³-hybridized carbons (Fsp3) is 0.409. The van der Waals surface area contributed by atoms with Crippen molar-refractivity contribution < 1.29 is 22.7 Å². The number of hydrogen-bond donors (Lipinski definition) is 0. The zero-order valence-corrected chi connectivity index (χ0v) is 17.8. The van der Waals surface area contributed by atoms with Crippen LogP contribution in [0.1, 0.15) is 31.4 Å². The van der Waals surface area contributed by atoms with E-state index in [1.807, 2.05) is 51.1 Å². The van der Waals surface area contributed by atoms with Gasteiger partial charge in [0.15, 0.2) is 0 Å². The number of ether oxygens (including phenoxy) is 2. The number of carbonyl (C=O) groups excluding carboxylic acids is 1. The Morgan fingerprint density at radius 2 is 1.79 bits per heavy atom. The Bertz CT molecular complexity index is 925. The molecule has 0 bridgehead atoms. The zero-order chi connectivity index (χ0) is 21.0. The van der Waals surface area contributed by atoms with Crippen molar-refractivity contribution in [2.75, 3.05) is 6.61 Å². The van der Waals surface area contributed by atoms with Gasteiger partial charge in [-0.1, -0.05) is 61.9 Å². The number of rotatable bonds is 7. The lowest BCUT2D eigenvalue weighted by Crippen LogP contribution is -2.45. The summed E-state index contributed by atoms with van der Waals surface area (Å²) in [5.74, 6) is -0.451. The van der Waals surface area contributed by atoms with Crippen LogP contribution in [0.25, 0.3) is 0 Å². The number of carbonyl (C=O) groups is 1. The molecule has 1 heterocycles. The SMILES string of the molecule is Cc1ccc(S(=O)(=O)N2[C@H](CC(=O)OCc3ccccc3)OC[C@@H]2C(C)C)cc1. The predicted octanol–water partition coefficient (Wildman–Crippen LogP) is 3.50. The van der Waals surface area contributed by atoms with E-state index in [-0.39, 0.29) is 36.5 Å². The van der Waals surface area contributed by atoms with E-state index in [2.05, 4.69) is 0 Å². The third-order valence-electron chi connectivity index (χ3n) is 5.02. The maximum Gasteiger partial charge on any atom is 0.310 e. The zero-order valence-electron chi connectivity index (χ0n) is 16.9. The number of sulfonamides is 1. The van der Waals surface area contributed by atoms with Crippen LogP contribution in [-0.2, 0) is 30.9 Å². The lowest BCUT2D eigenvalue weighted by Gasteiger charge is -2.29. The maximum absolute atomic E-state index is 13.3. The molecule has 1 aliphatic rings. The fourth-order valence-electron chi connectivity index (χ4n) is 3.31. The third-order valence-corrected chi connectivity index (χ3v) is 6.95. The molecule has 0 saturated carbocycles. The van der Waals surface area contributed by atoms with Gasteiger partial charge in [0.2, 0.25) is 10.0 Å². The van der Waals surface area contributed by atoms with Gasteiger partial charge in [-0.05, 0) is 30.5 Å². The van der Waals surface area contributed by atoms with E-state index in [0.717, 1.165) is 11.1 Å². The average Bonchev–Trinajstić information content (AvgIpc) is 3.12. The van der Waals surface area contributed by atoms with Crippen LogP contribution in [0.5, 0.6) is 0 Å². The highest BCUT2D eigenvalue weighted by Crippen LogP contribution is 2.32. The molecular formula is C22H27NO5S. The van der Waals surface area contributed by atoms with E-state index in [4.69, 9.17) is 9.47 Å². The van der Waals surface area contributed by atoms with Gasteiger partial charge in [0.05, 0.1) is 24.0 Å². The highest BCUT2D eigenvalue weighted by molar-refractivity contribution is 7.89. The molecule has 1 fully saturated rings. The van der Waals surface area contributed by atoms with Crippen LogP contribution < -0.4 is 0 Å². The van der Waals surface area contributed by atoms with E-state index >= 15 is 0 Å². The summed E-state index contributed by atoms with van der Waals surface area (Å²) in [6.07, 6.45) is -1.03. The molecule has 0 amide bonds. The van der Waals surface area contributed by atoms with Crippen molar-refractivity contribution in [1.82, 2.24) is 4.31 Å². The molecule has 0 aliphatic carbocycles. The van der Waals surface area contributed by atoms with E-state index < -0.39 is 22.2 Å². The first-order valence-electron chi connectivity index (χ1n) is 9.70. The molecule has 3 rings (SSSR count). The molecule has 0 aromatic heterocycles. The van der Waals surface area contributed by atoms with Crippen LogP contribution in [0.2, 0.25) is 0 Å². The highest BCUT2D eigenvalue weighted by atomic mass is 32.2. The normalized spacial score (nSPS) is 20.1. The highest BCUT2D eigenvalue weighted by Gasteiger charge is 2.45. The van der Waals surface area contributed by atoms with Crippen LogP contribution in [-0.4, -0.2) is 37.6 Å². The molecule has 29 heavy (non-hydrogen) atoms. The topological polar surface area (TPSA) is 72.9 Å². The molecule has 156 valence electrons. The average molecular weight is 418 g/mol. The number of hydrogen-bond acceptors (Lipinski definition) is 5. The summed E-state index contributed by atoms with van der Waals surface area (Å²) < 4.78 is 39.1. The lowest BCUT2D eigenvalue weighted by atomic mass is 10.1. The molecule has 2 atom stereocenters. The van der Waals surface area contributed by atoms with Crippen molar-refractivity contribution in [2.24, 2.45) is 5.92 Å². The summed E-state index contributed by atoms with van der Waals surface area (Å²) in [6.45, 7) is 6.19. The van der Waals surface area contributed by atoms with E-state index in [9.17, 15) is 13.2 Å². The number of benzene rings is 2. The van der Waals surface area contributed by atoms with Crippen LogP contribution in [0.3, 0.4) is 0 Å². The molecule has 0 unspecified atom stereocenters. The summed E-state index contributed by atoms with van der Waals surface area (Å²) in [7, 11) is -3.81. The standard InChI is InChI=1S/C22H27NO5S/c1-16(2)20-15-27-21(13-22(24)28-14-18-7-5-4-6-8-18)23(20)29(25,26)19-11-9-17(3)10-12-19/h4-12,16,20-21H,13-15H2,1-3H3/t20-,21+/m1/s1. The molecular weight excluding hydrogens is 390 g/mol. The Labute approximate surface area is 172 Å². The van der Waals surface area contributed by atoms with Crippen molar-refractivity contribution >= 4 is 16.0 Å². The molecule has 2 aromatic carbocycles. The molecule has 2 aromatic rings. The smallest absolute Gasteiger partial charge is 0.310 e. The second-order valence-corrected chi connectivity index (χ2v) is 9.44. The first kappa shape index (κ1) is 21.5. The van der Waals surface area contributed by atoms with Crippen LogP contribution in [0.4, 0.5) is 0 Å². The summed E-state index contributed by atoms with van der Waals surface area (Å²) in [5, 5.41) is 0. The first-order valence-corrected chi connectivity index (χ1v) is 11.1. The van der Waals surface area contributed by atoms with Gasteiger partial charge in [-0.3, -0.25) is 4.79 Å². The molecule has 1 aliphatic heterocycles. The minimum Gasteiger partial charge on any atom is -0.461 e. The molecule has 0 radical (unpaired) electrons. The Balaban J connectivity index is 1.76. The van der Waals surface area contributed by atoms with Gasteiger partial charge in [0.25, 0.3) is 0 Å². The van der Waals surface area contributed by atoms with Crippen LogP contribution in [0, 0.1) is 12.8 Å². The number of nitrogens with zero attached hydrogens (tertiary/aromatic N) is 1. The van der Waals surface area contributed by atoms with Crippen molar-refractivity contribution in [3.8, 4) is 0 Å². The van der Waals surface area contributed by atoms with Crippen molar-refractivity contribution in [2.45, 2.75) is 51.0 Å². The van der Waals surface area contributed by atoms with Gasteiger partial charge in [-0.15, -0.1) is 0 Å². The summed E-state index contributed by atoms with van der Waals surface area (Å²) in [6, 6.07) is 15.7. The summed E-state index contributed by atoms with van der Waals surface area (Å²) in [5.41, 5.74) is 1.85. The van der Waals surface area contributed by atoms with Crippen molar-refractivity contribution in [3.63, 3.8) is 0 Å². The van der Waals surface area contributed by atoms with Crippen molar-refractivity contribution in [1.29, 1.82) is 0 Å². The van der Waals surface area contributed by atoms with E-state index in [1.54, 1.807) is 24.3 Å². The second kappa shape index (κ2) is 9.07. The number of esters is 1.